The number of urea groups is 1. The van der Waals surface area contributed by atoms with E-state index in [1.165, 1.54) is 29.3 Å². The molecule has 0 bridgehead atoms. The molecule has 6 rings (SSSR count). The first-order chi connectivity index (χ1) is 20.8. The summed E-state index contributed by atoms with van der Waals surface area (Å²) < 4.78 is 5.80. The lowest BCUT2D eigenvalue weighted by Crippen LogP contribution is -2.23. The number of hydrogen-bond donors (Lipinski definition) is 2. The number of ether oxygens (including phenoxy) is 1. The van der Waals surface area contributed by atoms with Crippen LogP contribution in [-0.4, -0.2) is 38.4 Å². The number of pyridine rings is 1. The average molecular weight is 592 g/mol. The third-order valence-corrected chi connectivity index (χ3v) is 8.15. The van der Waals surface area contributed by atoms with Crippen LogP contribution in [0, 0.1) is 20.8 Å². The third-order valence-electron chi connectivity index (χ3n) is 7.08. The molecule has 2 N–H and O–H groups in total. The highest BCUT2D eigenvalue weighted by molar-refractivity contribution is 7.19. The highest BCUT2D eigenvalue weighted by Gasteiger charge is 2.24. The average Bonchev–Trinajstić information content (AvgIpc) is 3.65. The van der Waals surface area contributed by atoms with Gasteiger partial charge in [-0.1, -0.05) is 23.5 Å². The van der Waals surface area contributed by atoms with Crippen molar-refractivity contribution in [3.63, 3.8) is 0 Å². The summed E-state index contributed by atoms with van der Waals surface area (Å²) >= 11 is 1.49. The predicted molar refractivity (Wildman–Crippen MR) is 168 cm³/mol. The van der Waals surface area contributed by atoms with Crippen LogP contribution in [0.15, 0.2) is 73.3 Å². The Labute approximate surface area is 252 Å². The molecule has 0 spiro atoms. The summed E-state index contributed by atoms with van der Waals surface area (Å²) in [5.74, 6) is 0.685. The Morgan fingerprint density at radius 1 is 0.860 bits per heavy atom. The third kappa shape index (κ3) is 6.36. The maximum absolute atomic E-state index is 12.9. The van der Waals surface area contributed by atoms with Crippen LogP contribution in [0.5, 0.6) is 11.8 Å². The van der Waals surface area contributed by atoms with Gasteiger partial charge in [0.25, 0.3) is 0 Å². The zero-order valence-electron chi connectivity index (χ0n) is 23.9. The topological polar surface area (TPSA) is 122 Å². The fourth-order valence-corrected chi connectivity index (χ4v) is 5.63. The molecule has 0 radical (unpaired) electrons. The van der Waals surface area contributed by atoms with Crippen molar-refractivity contribution in [2.45, 2.75) is 33.6 Å². The molecule has 0 unspecified atom stereocenters. The second-order valence-corrected chi connectivity index (χ2v) is 11.3. The Morgan fingerprint density at radius 3 is 2.35 bits per heavy atom. The Bertz CT molecular complexity index is 1800. The highest BCUT2D eigenvalue weighted by Crippen LogP contribution is 2.34. The van der Waals surface area contributed by atoms with E-state index in [9.17, 15) is 9.59 Å². The Hall–Kier alpha value is -5.16. The number of aromatic nitrogens is 4. The van der Waals surface area contributed by atoms with Crippen molar-refractivity contribution in [2.75, 3.05) is 22.1 Å². The van der Waals surface area contributed by atoms with Crippen molar-refractivity contribution in [3.05, 3.63) is 90.0 Å². The van der Waals surface area contributed by atoms with Crippen LogP contribution < -0.4 is 20.3 Å². The molecule has 0 aliphatic carbocycles. The van der Waals surface area contributed by atoms with Crippen LogP contribution in [-0.2, 0) is 4.79 Å². The number of carbonyl (C=O) groups excluding carboxylic acids is 2. The molecule has 43 heavy (non-hydrogen) atoms. The largest absolute Gasteiger partial charge is 0.424 e. The number of thiazole rings is 1. The van der Waals surface area contributed by atoms with Gasteiger partial charge in [0.2, 0.25) is 5.91 Å². The zero-order valence-corrected chi connectivity index (χ0v) is 24.7. The minimum atomic E-state index is -0.439. The van der Waals surface area contributed by atoms with Gasteiger partial charge in [0.1, 0.15) is 5.75 Å². The van der Waals surface area contributed by atoms with E-state index in [2.05, 4.69) is 43.6 Å². The van der Waals surface area contributed by atoms with Gasteiger partial charge in [0.05, 0.1) is 34.3 Å². The summed E-state index contributed by atoms with van der Waals surface area (Å²) in [6.45, 7) is 6.75. The van der Waals surface area contributed by atoms with Crippen LogP contribution in [0.1, 0.15) is 29.5 Å². The van der Waals surface area contributed by atoms with Crippen molar-refractivity contribution in [1.29, 1.82) is 0 Å². The number of rotatable bonds is 7. The van der Waals surface area contributed by atoms with Gasteiger partial charge in [-0.25, -0.2) is 19.7 Å². The van der Waals surface area contributed by atoms with Crippen molar-refractivity contribution in [2.24, 2.45) is 0 Å². The monoisotopic (exact) mass is 591 g/mol. The highest BCUT2D eigenvalue weighted by atomic mass is 32.1. The molecule has 3 amide bonds. The maximum atomic E-state index is 12.9. The van der Waals surface area contributed by atoms with E-state index in [-0.39, 0.29) is 11.9 Å². The lowest BCUT2D eigenvalue weighted by Gasteiger charge is -2.13. The minimum absolute atomic E-state index is 0.123. The van der Waals surface area contributed by atoms with Crippen molar-refractivity contribution >= 4 is 39.8 Å². The molecular formula is C32H29N7O3S. The number of amides is 3. The summed E-state index contributed by atoms with van der Waals surface area (Å²) in [6, 6.07) is 15.2. The standard InChI is InChI=1S/C32H29N7O3S/c1-19-13-26(29(33-15-19)23-7-6-20(2)21(3)14-23)38-30(41)37-24-16-34-31(35-17-24)42-25-10-8-22(9-11-25)27-18-36-32(43-27)39-12-4-5-28(39)40/h6-11,13-18H,4-5,12H2,1-3H3,(H2,37,38,41). The van der Waals surface area contributed by atoms with E-state index < -0.39 is 6.03 Å². The molecule has 1 aliphatic rings. The van der Waals surface area contributed by atoms with Gasteiger partial charge in [-0.05, 0) is 85.8 Å². The molecule has 0 atom stereocenters. The number of nitrogens with one attached hydrogen (secondary N) is 2. The molecular weight excluding hydrogens is 562 g/mol. The molecule has 3 aromatic heterocycles. The van der Waals surface area contributed by atoms with Gasteiger partial charge in [-0.2, -0.15) is 0 Å². The molecule has 10 nitrogen and oxygen atoms in total. The second kappa shape index (κ2) is 12.0. The molecule has 1 fully saturated rings. The number of nitrogens with zero attached hydrogens (tertiary/aromatic N) is 5. The van der Waals surface area contributed by atoms with Gasteiger partial charge in [-0.15, -0.1) is 0 Å². The van der Waals surface area contributed by atoms with Gasteiger partial charge in [0, 0.05) is 30.9 Å². The quantitative estimate of drug-likeness (QED) is 0.206. The first-order valence-electron chi connectivity index (χ1n) is 13.8. The van der Waals surface area contributed by atoms with E-state index in [4.69, 9.17) is 4.74 Å². The van der Waals surface area contributed by atoms with E-state index in [0.717, 1.165) is 45.2 Å². The normalized spacial score (nSPS) is 12.8. The number of benzene rings is 2. The number of aryl methyl sites for hydroxylation is 3. The van der Waals surface area contributed by atoms with Gasteiger partial charge >= 0.3 is 12.0 Å². The Morgan fingerprint density at radius 2 is 1.63 bits per heavy atom. The van der Waals surface area contributed by atoms with E-state index in [1.54, 1.807) is 17.3 Å². The Balaban J connectivity index is 1.07. The first-order valence-corrected chi connectivity index (χ1v) is 14.6. The SMILES string of the molecule is Cc1cnc(-c2ccc(C)c(C)c2)c(NC(=O)Nc2cnc(Oc3ccc(-c4cnc(N5CCCC5=O)s4)cc3)nc2)c1. The van der Waals surface area contributed by atoms with Crippen LogP contribution in [0.4, 0.5) is 21.3 Å². The molecule has 2 aromatic carbocycles. The molecule has 11 heteroatoms. The first kappa shape index (κ1) is 28.0. The van der Waals surface area contributed by atoms with Crippen LogP contribution in [0.3, 0.4) is 0 Å². The number of hydrogen-bond acceptors (Lipinski definition) is 8. The van der Waals surface area contributed by atoms with Crippen molar-refractivity contribution < 1.29 is 14.3 Å². The number of anilines is 3. The lowest BCUT2D eigenvalue weighted by molar-refractivity contribution is -0.117. The van der Waals surface area contributed by atoms with Gasteiger partial charge in [0.15, 0.2) is 5.13 Å². The second-order valence-electron chi connectivity index (χ2n) is 10.3. The fraction of sp³-hybridized carbons (Fsp3) is 0.188. The number of carbonyl (C=O) groups is 2. The summed E-state index contributed by atoms with van der Waals surface area (Å²) in [7, 11) is 0. The summed E-state index contributed by atoms with van der Waals surface area (Å²) in [4.78, 5) is 45.0. The van der Waals surface area contributed by atoms with Crippen molar-refractivity contribution in [3.8, 4) is 33.5 Å². The lowest BCUT2D eigenvalue weighted by atomic mass is 10.0. The summed E-state index contributed by atoms with van der Waals surface area (Å²) in [5.41, 5.74) is 6.86. The van der Waals surface area contributed by atoms with Crippen LogP contribution >= 0.6 is 11.3 Å². The van der Waals surface area contributed by atoms with E-state index in [0.29, 0.717) is 29.2 Å². The molecule has 1 saturated heterocycles. The van der Waals surface area contributed by atoms with Crippen LogP contribution in [0.2, 0.25) is 0 Å². The minimum Gasteiger partial charge on any atom is -0.424 e. The summed E-state index contributed by atoms with van der Waals surface area (Å²) in [6.07, 6.45) is 7.97. The van der Waals surface area contributed by atoms with Gasteiger partial charge < -0.3 is 15.4 Å². The summed E-state index contributed by atoms with van der Waals surface area (Å²) in [5, 5.41) is 6.39. The van der Waals surface area contributed by atoms with E-state index in [1.807, 2.05) is 56.3 Å². The van der Waals surface area contributed by atoms with E-state index >= 15 is 0 Å². The zero-order chi connectivity index (χ0) is 29.9. The maximum Gasteiger partial charge on any atom is 0.323 e. The Kier molecular flexibility index (Phi) is 7.80. The van der Waals surface area contributed by atoms with Crippen LogP contribution in [0.25, 0.3) is 21.7 Å². The predicted octanol–water partition coefficient (Wildman–Crippen LogP) is 7.15. The molecule has 4 heterocycles. The molecule has 0 saturated carbocycles. The molecule has 216 valence electrons. The van der Waals surface area contributed by atoms with Gasteiger partial charge in [-0.3, -0.25) is 14.7 Å². The van der Waals surface area contributed by atoms with Crippen molar-refractivity contribution in [1.82, 2.24) is 19.9 Å². The smallest absolute Gasteiger partial charge is 0.323 e. The molecule has 5 aromatic rings. The fourth-order valence-electron chi connectivity index (χ4n) is 4.67. The molecule has 1 aliphatic heterocycles.